The van der Waals surface area contributed by atoms with Crippen molar-refractivity contribution < 1.29 is 9.50 Å². The first-order chi connectivity index (χ1) is 10.0. The summed E-state index contributed by atoms with van der Waals surface area (Å²) in [7, 11) is 0. The Labute approximate surface area is 130 Å². The van der Waals surface area contributed by atoms with E-state index in [9.17, 15) is 14.8 Å². The van der Waals surface area contributed by atoms with Crippen molar-refractivity contribution in [2.75, 3.05) is 0 Å². The number of hydrogen-bond donors (Lipinski definition) is 1. The monoisotopic (exact) mass is 309 g/mol. The molecule has 1 N–H and O–H groups in total. The van der Waals surface area contributed by atoms with Crippen LogP contribution in [0.1, 0.15) is 57.1 Å². The average Bonchev–Trinajstić information content (AvgIpc) is 2.47. The summed E-state index contributed by atoms with van der Waals surface area (Å²) in [5.41, 5.74) is -0.419. The van der Waals surface area contributed by atoms with Gasteiger partial charge in [-0.1, -0.05) is 31.4 Å². The molecule has 114 valence electrons. The molecule has 1 atom stereocenters. The van der Waals surface area contributed by atoms with E-state index in [1.807, 2.05) is 0 Å². The van der Waals surface area contributed by atoms with E-state index in [1.54, 1.807) is 6.07 Å². The Balaban J connectivity index is 2.19. The van der Waals surface area contributed by atoms with E-state index in [-0.39, 0.29) is 5.02 Å². The van der Waals surface area contributed by atoms with E-state index in [1.165, 1.54) is 18.6 Å². The largest absolute Gasteiger partial charge is 0.387 e. The first kappa shape index (κ1) is 16.3. The molecule has 0 spiro atoms. The van der Waals surface area contributed by atoms with Gasteiger partial charge in [-0.15, -0.1) is 0 Å². The molecule has 0 heterocycles. The molecule has 1 aliphatic rings. The van der Waals surface area contributed by atoms with Gasteiger partial charge in [-0.3, -0.25) is 0 Å². The standard InChI is InChI=1S/C17H21ClFNO/c1-2-3-12-4-6-17(11-20,7-5-12)16(21)13-8-14(18)10-15(19)9-13/h8-10,12,16,21H,2-7H2,1H3. The van der Waals surface area contributed by atoms with Crippen LogP contribution in [0.15, 0.2) is 18.2 Å². The second kappa shape index (κ2) is 6.77. The van der Waals surface area contributed by atoms with Gasteiger partial charge in [0.1, 0.15) is 5.82 Å². The molecule has 0 aromatic heterocycles. The molecule has 1 aliphatic carbocycles. The van der Waals surface area contributed by atoms with Crippen LogP contribution in [0.2, 0.25) is 5.02 Å². The van der Waals surface area contributed by atoms with Crippen molar-refractivity contribution in [2.24, 2.45) is 11.3 Å². The van der Waals surface area contributed by atoms with Gasteiger partial charge in [0.15, 0.2) is 0 Å². The molecule has 0 saturated heterocycles. The zero-order valence-corrected chi connectivity index (χ0v) is 13.0. The van der Waals surface area contributed by atoms with Gasteiger partial charge in [0.2, 0.25) is 0 Å². The quantitative estimate of drug-likeness (QED) is 0.849. The molecule has 2 rings (SSSR count). The minimum Gasteiger partial charge on any atom is -0.387 e. The smallest absolute Gasteiger partial charge is 0.125 e. The van der Waals surface area contributed by atoms with Gasteiger partial charge in [0, 0.05) is 5.02 Å². The average molecular weight is 310 g/mol. The van der Waals surface area contributed by atoms with Gasteiger partial charge < -0.3 is 5.11 Å². The number of benzene rings is 1. The minimum absolute atomic E-state index is 0.247. The van der Waals surface area contributed by atoms with Crippen LogP contribution < -0.4 is 0 Å². The Hall–Kier alpha value is -1.11. The highest BCUT2D eigenvalue weighted by atomic mass is 35.5. The van der Waals surface area contributed by atoms with Crippen LogP contribution in [0, 0.1) is 28.5 Å². The molecule has 1 aromatic carbocycles. The molecule has 1 fully saturated rings. The normalized spacial score (nSPS) is 27.1. The van der Waals surface area contributed by atoms with Crippen LogP contribution in [0.25, 0.3) is 0 Å². The SMILES string of the molecule is CCCC1CCC(C#N)(C(O)c2cc(F)cc(Cl)c2)CC1. The Morgan fingerprint density at radius 3 is 2.62 bits per heavy atom. The topological polar surface area (TPSA) is 44.0 Å². The van der Waals surface area contributed by atoms with E-state index in [4.69, 9.17) is 11.6 Å². The van der Waals surface area contributed by atoms with Gasteiger partial charge in [0.05, 0.1) is 17.6 Å². The Morgan fingerprint density at radius 2 is 2.10 bits per heavy atom. The van der Waals surface area contributed by atoms with E-state index in [0.29, 0.717) is 24.3 Å². The maximum Gasteiger partial charge on any atom is 0.125 e. The molecule has 0 amide bonds. The summed E-state index contributed by atoms with van der Waals surface area (Å²) in [5, 5.41) is 20.5. The fraction of sp³-hybridized carbons (Fsp3) is 0.588. The fourth-order valence-electron chi connectivity index (χ4n) is 3.39. The third-order valence-electron chi connectivity index (χ3n) is 4.64. The highest BCUT2D eigenvalue weighted by Crippen LogP contribution is 2.48. The van der Waals surface area contributed by atoms with Gasteiger partial charge in [-0.25, -0.2) is 4.39 Å². The Kier molecular flexibility index (Phi) is 5.24. The van der Waals surface area contributed by atoms with Crippen molar-refractivity contribution in [2.45, 2.75) is 51.6 Å². The van der Waals surface area contributed by atoms with Crippen LogP contribution in [0.3, 0.4) is 0 Å². The van der Waals surface area contributed by atoms with Crippen molar-refractivity contribution in [1.82, 2.24) is 0 Å². The number of halogens is 2. The highest BCUT2D eigenvalue weighted by Gasteiger charge is 2.42. The molecular formula is C17H21ClFNO. The number of aliphatic hydroxyl groups excluding tert-OH is 1. The second-order valence-electron chi connectivity index (χ2n) is 6.11. The second-order valence-corrected chi connectivity index (χ2v) is 6.54. The summed E-state index contributed by atoms with van der Waals surface area (Å²) in [5.74, 6) is 0.157. The molecule has 0 bridgehead atoms. The summed E-state index contributed by atoms with van der Waals surface area (Å²) < 4.78 is 13.5. The summed E-state index contributed by atoms with van der Waals surface area (Å²) in [6, 6.07) is 6.32. The van der Waals surface area contributed by atoms with Crippen LogP contribution in [0.5, 0.6) is 0 Å². The van der Waals surface area contributed by atoms with Gasteiger partial charge >= 0.3 is 0 Å². The minimum atomic E-state index is -0.988. The molecule has 21 heavy (non-hydrogen) atoms. The molecule has 1 unspecified atom stereocenters. The Bertz CT molecular complexity index is 512. The third kappa shape index (κ3) is 3.56. The van der Waals surface area contributed by atoms with E-state index in [2.05, 4.69) is 13.0 Å². The van der Waals surface area contributed by atoms with E-state index in [0.717, 1.165) is 19.3 Å². The molecule has 1 aromatic rings. The van der Waals surface area contributed by atoms with Crippen LogP contribution in [-0.2, 0) is 0 Å². The predicted molar refractivity (Wildman–Crippen MR) is 81.3 cm³/mol. The number of nitriles is 1. The summed E-state index contributed by atoms with van der Waals surface area (Å²) in [4.78, 5) is 0. The van der Waals surface area contributed by atoms with Crippen LogP contribution in [0.4, 0.5) is 4.39 Å². The molecule has 2 nitrogen and oxygen atoms in total. The Morgan fingerprint density at radius 1 is 1.43 bits per heavy atom. The van der Waals surface area contributed by atoms with E-state index >= 15 is 0 Å². The van der Waals surface area contributed by atoms with Crippen molar-refractivity contribution in [3.05, 3.63) is 34.6 Å². The molecule has 1 saturated carbocycles. The summed E-state index contributed by atoms with van der Waals surface area (Å²) in [6.45, 7) is 2.16. The van der Waals surface area contributed by atoms with E-state index < -0.39 is 17.3 Å². The zero-order chi connectivity index (χ0) is 15.5. The molecule has 0 radical (unpaired) electrons. The van der Waals surface area contributed by atoms with Crippen molar-refractivity contribution in [3.8, 4) is 6.07 Å². The number of hydrogen-bond acceptors (Lipinski definition) is 2. The number of nitrogens with zero attached hydrogens (tertiary/aromatic N) is 1. The van der Waals surface area contributed by atoms with Gasteiger partial charge in [0.25, 0.3) is 0 Å². The summed E-state index contributed by atoms with van der Waals surface area (Å²) >= 11 is 5.85. The predicted octanol–water partition coefficient (Wildman–Crippen LogP) is 5.01. The maximum atomic E-state index is 13.5. The fourth-order valence-corrected chi connectivity index (χ4v) is 3.62. The molecular weight excluding hydrogens is 289 g/mol. The van der Waals surface area contributed by atoms with Gasteiger partial charge in [-0.05, 0) is 55.4 Å². The zero-order valence-electron chi connectivity index (χ0n) is 12.3. The number of rotatable bonds is 4. The first-order valence-corrected chi connectivity index (χ1v) is 7.94. The van der Waals surface area contributed by atoms with Crippen LogP contribution >= 0.6 is 11.6 Å². The van der Waals surface area contributed by atoms with Crippen molar-refractivity contribution in [1.29, 1.82) is 5.26 Å². The van der Waals surface area contributed by atoms with Crippen LogP contribution in [-0.4, -0.2) is 5.11 Å². The first-order valence-electron chi connectivity index (χ1n) is 7.56. The lowest BCUT2D eigenvalue weighted by molar-refractivity contribution is 0.0235. The molecule has 4 heteroatoms. The van der Waals surface area contributed by atoms with Gasteiger partial charge in [-0.2, -0.15) is 5.26 Å². The lowest BCUT2D eigenvalue weighted by atomic mass is 9.66. The number of aliphatic hydroxyl groups is 1. The maximum absolute atomic E-state index is 13.5. The summed E-state index contributed by atoms with van der Waals surface area (Å²) in [6.07, 6.45) is 4.53. The van der Waals surface area contributed by atoms with Crippen molar-refractivity contribution >= 4 is 11.6 Å². The lowest BCUT2D eigenvalue weighted by Gasteiger charge is -2.38. The van der Waals surface area contributed by atoms with Crippen molar-refractivity contribution in [3.63, 3.8) is 0 Å². The molecule has 0 aliphatic heterocycles. The third-order valence-corrected chi connectivity index (χ3v) is 4.86. The lowest BCUT2D eigenvalue weighted by Crippen LogP contribution is -2.32. The highest BCUT2D eigenvalue weighted by molar-refractivity contribution is 6.30.